The Labute approximate surface area is 178 Å². The maximum absolute atomic E-state index is 12.9. The van der Waals surface area contributed by atoms with Gasteiger partial charge in [-0.25, -0.2) is 9.50 Å². The van der Waals surface area contributed by atoms with Crippen LogP contribution in [0.2, 0.25) is 0 Å². The van der Waals surface area contributed by atoms with E-state index in [-0.39, 0.29) is 18.4 Å². The summed E-state index contributed by atoms with van der Waals surface area (Å²) >= 11 is 0. The number of aromatic nitrogens is 3. The standard InChI is InChI=1S/C24H32N4O2/c1-7-18(6)30-20-12-10-19(11-13-20)23-21(15-22(29)27(8-2)9-3)24-25-16(4)14-17(5)28(24)26-23/h10-14,18H,7-9,15H2,1-6H3. The Bertz CT molecular complexity index is 1020. The fraction of sp³-hybridized carbons (Fsp3) is 0.458. The van der Waals surface area contributed by atoms with Crippen LogP contribution < -0.4 is 4.74 Å². The van der Waals surface area contributed by atoms with Gasteiger partial charge in [-0.1, -0.05) is 6.92 Å². The number of rotatable bonds is 8. The molecule has 0 bridgehead atoms. The average Bonchev–Trinajstić information content (AvgIpc) is 3.08. The molecule has 0 spiro atoms. The van der Waals surface area contributed by atoms with E-state index in [4.69, 9.17) is 14.8 Å². The van der Waals surface area contributed by atoms with Gasteiger partial charge in [-0.05, 0) is 71.4 Å². The second kappa shape index (κ2) is 9.28. The lowest BCUT2D eigenvalue weighted by molar-refractivity contribution is -0.130. The largest absolute Gasteiger partial charge is 0.491 e. The Hall–Kier alpha value is -2.89. The molecule has 0 aliphatic carbocycles. The van der Waals surface area contributed by atoms with Crippen molar-refractivity contribution < 1.29 is 9.53 Å². The topological polar surface area (TPSA) is 59.7 Å². The Morgan fingerprint density at radius 3 is 2.40 bits per heavy atom. The van der Waals surface area contributed by atoms with Crippen LogP contribution in [0.1, 0.15) is 51.1 Å². The summed E-state index contributed by atoms with van der Waals surface area (Å²) in [5.41, 5.74) is 5.29. The second-order valence-electron chi connectivity index (χ2n) is 7.71. The summed E-state index contributed by atoms with van der Waals surface area (Å²) in [6.07, 6.45) is 1.40. The molecule has 6 nitrogen and oxygen atoms in total. The van der Waals surface area contributed by atoms with E-state index in [1.54, 1.807) is 0 Å². The molecule has 1 aromatic carbocycles. The summed E-state index contributed by atoms with van der Waals surface area (Å²) in [5.74, 6) is 0.927. The summed E-state index contributed by atoms with van der Waals surface area (Å²) in [6.45, 7) is 13.5. The van der Waals surface area contributed by atoms with Crippen LogP contribution in [0, 0.1) is 13.8 Å². The van der Waals surface area contributed by atoms with Crippen molar-refractivity contribution in [3.05, 3.63) is 47.3 Å². The summed E-state index contributed by atoms with van der Waals surface area (Å²) < 4.78 is 7.75. The molecule has 1 unspecified atom stereocenters. The van der Waals surface area contributed by atoms with Gasteiger partial charge >= 0.3 is 0 Å². The number of hydrogen-bond acceptors (Lipinski definition) is 4. The second-order valence-corrected chi connectivity index (χ2v) is 7.71. The molecule has 30 heavy (non-hydrogen) atoms. The smallest absolute Gasteiger partial charge is 0.227 e. The third-order valence-electron chi connectivity index (χ3n) is 5.47. The molecule has 0 aliphatic rings. The van der Waals surface area contributed by atoms with Crippen molar-refractivity contribution in [3.63, 3.8) is 0 Å². The van der Waals surface area contributed by atoms with Gasteiger partial charge in [-0.15, -0.1) is 0 Å². The zero-order chi connectivity index (χ0) is 21.8. The summed E-state index contributed by atoms with van der Waals surface area (Å²) in [5, 5.41) is 4.84. The fourth-order valence-electron chi connectivity index (χ4n) is 3.61. The molecule has 3 aromatic rings. The molecule has 160 valence electrons. The minimum absolute atomic E-state index is 0.0915. The monoisotopic (exact) mass is 408 g/mol. The average molecular weight is 409 g/mol. The summed E-state index contributed by atoms with van der Waals surface area (Å²) in [6, 6.07) is 9.95. The maximum Gasteiger partial charge on any atom is 0.227 e. The molecule has 0 fully saturated rings. The summed E-state index contributed by atoms with van der Waals surface area (Å²) in [4.78, 5) is 19.5. The predicted molar refractivity (Wildman–Crippen MR) is 120 cm³/mol. The summed E-state index contributed by atoms with van der Waals surface area (Å²) in [7, 11) is 0. The van der Waals surface area contributed by atoms with Crippen molar-refractivity contribution in [1.82, 2.24) is 19.5 Å². The Morgan fingerprint density at radius 2 is 1.80 bits per heavy atom. The van der Waals surface area contributed by atoms with E-state index in [2.05, 4.69) is 13.8 Å². The molecule has 0 saturated heterocycles. The van der Waals surface area contributed by atoms with E-state index in [0.717, 1.165) is 46.0 Å². The van der Waals surface area contributed by atoms with Crippen LogP contribution in [-0.4, -0.2) is 44.6 Å². The Kier molecular flexibility index (Phi) is 6.75. The van der Waals surface area contributed by atoms with E-state index in [1.165, 1.54) is 0 Å². The normalized spacial score (nSPS) is 12.2. The van der Waals surface area contributed by atoms with Crippen LogP contribution in [0.5, 0.6) is 5.75 Å². The first-order valence-corrected chi connectivity index (χ1v) is 10.8. The van der Waals surface area contributed by atoms with E-state index >= 15 is 0 Å². The highest BCUT2D eigenvalue weighted by Gasteiger charge is 2.22. The highest BCUT2D eigenvalue weighted by Crippen LogP contribution is 2.29. The van der Waals surface area contributed by atoms with Crippen LogP contribution in [0.15, 0.2) is 30.3 Å². The molecule has 0 aliphatic heterocycles. The van der Waals surface area contributed by atoms with Gasteiger partial charge in [0.2, 0.25) is 5.91 Å². The number of nitrogens with zero attached hydrogens (tertiary/aromatic N) is 4. The number of carbonyl (C=O) groups is 1. The zero-order valence-corrected chi connectivity index (χ0v) is 18.9. The first kappa shape index (κ1) is 21.8. The molecule has 0 radical (unpaired) electrons. The molecule has 2 heterocycles. The van der Waals surface area contributed by atoms with Gasteiger partial charge in [0.25, 0.3) is 0 Å². The van der Waals surface area contributed by atoms with E-state index in [9.17, 15) is 4.79 Å². The van der Waals surface area contributed by atoms with Crippen LogP contribution in [0.3, 0.4) is 0 Å². The molecular weight excluding hydrogens is 376 g/mol. The van der Waals surface area contributed by atoms with Gasteiger partial charge in [-0.3, -0.25) is 4.79 Å². The van der Waals surface area contributed by atoms with Crippen molar-refractivity contribution >= 4 is 11.6 Å². The van der Waals surface area contributed by atoms with Gasteiger partial charge in [0.05, 0.1) is 18.2 Å². The number of hydrogen-bond donors (Lipinski definition) is 0. The number of carbonyl (C=O) groups excluding carboxylic acids is 1. The SMILES string of the molecule is CCC(C)Oc1ccc(-c2nn3c(C)cc(C)nc3c2CC(=O)N(CC)CC)cc1. The van der Waals surface area contributed by atoms with Crippen molar-refractivity contribution in [2.24, 2.45) is 0 Å². The maximum atomic E-state index is 12.9. The highest BCUT2D eigenvalue weighted by molar-refractivity contribution is 5.84. The number of amides is 1. The van der Waals surface area contributed by atoms with Gasteiger partial charge in [0.1, 0.15) is 5.75 Å². The van der Waals surface area contributed by atoms with Crippen LogP contribution in [-0.2, 0) is 11.2 Å². The van der Waals surface area contributed by atoms with E-state index in [0.29, 0.717) is 13.1 Å². The minimum Gasteiger partial charge on any atom is -0.491 e. The van der Waals surface area contributed by atoms with Crippen LogP contribution in [0.25, 0.3) is 16.9 Å². The van der Waals surface area contributed by atoms with E-state index in [1.807, 2.05) is 67.4 Å². The Morgan fingerprint density at radius 1 is 1.13 bits per heavy atom. The van der Waals surface area contributed by atoms with Gasteiger partial charge in [0.15, 0.2) is 5.65 Å². The van der Waals surface area contributed by atoms with Gasteiger partial charge in [0, 0.05) is 35.6 Å². The molecule has 1 atom stereocenters. The zero-order valence-electron chi connectivity index (χ0n) is 18.9. The molecule has 2 aromatic heterocycles. The number of fused-ring (bicyclic) bond motifs is 1. The van der Waals surface area contributed by atoms with Crippen molar-refractivity contribution in [1.29, 1.82) is 0 Å². The van der Waals surface area contributed by atoms with Gasteiger partial charge in [-0.2, -0.15) is 5.10 Å². The third kappa shape index (κ3) is 4.48. The fourth-order valence-corrected chi connectivity index (χ4v) is 3.61. The lowest BCUT2D eigenvalue weighted by Gasteiger charge is -2.18. The van der Waals surface area contributed by atoms with Crippen molar-refractivity contribution in [2.75, 3.05) is 13.1 Å². The minimum atomic E-state index is 0.0915. The molecular formula is C24H32N4O2. The van der Waals surface area contributed by atoms with Crippen molar-refractivity contribution in [2.45, 2.75) is 60.5 Å². The molecule has 1 amide bonds. The third-order valence-corrected chi connectivity index (χ3v) is 5.47. The predicted octanol–water partition coefficient (Wildman–Crippen LogP) is 4.60. The molecule has 0 N–H and O–H groups in total. The first-order chi connectivity index (χ1) is 14.4. The molecule has 6 heteroatoms. The number of aryl methyl sites for hydroxylation is 2. The number of benzene rings is 1. The van der Waals surface area contributed by atoms with E-state index < -0.39 is 0 Å². The quantitative estimate of drug-likeness (QED) is 0.546. The van der Waals surface area contributed by atoms with Crippen LogP contribution >= 0.6 is 0 Å². The van der Waals surface area contributed by atoms with Crippen molar-refractivity contribution in [3.8, 4) is 17.0 Å². The lowest BCUT2D eigenvalue weighted by Crippen LogP contribution is -2.31. The number of likely N-dealkylation sites (N-methyl/N-ethyl adjacent to an activating group) is 1. The Balaban J connectivity index is 2.07. The molecule has 0 saturated carbocycles. The van der Waals surface area contributed by atoms with Crippen LogP contribution in [0.4, 0.5) is 0 Å². The first-order valence-electron chi connectivity index (χ1n) is 10.8. The highest BCUT2D eigenvalue weighted by atomic mass is 16.5. The molecule has 3 rings (SSSR count). The lowest BCUT2D eigenvalue weighted by atomic mass is 10.0. The number of ether oxygens (including phenoxy) is 1. The van der Waals surface area contributed by atoms with Gasteiger partial charge < -0.3 is 9.64 Å².